The number of thiazole rings is 1. The van der Waals surface area contributed by atoms with Gasteiger partial charge in [0.2, 0.25) is 0 Å². The molecule has 0 spiro atoms. The summed E-state index contributed by atoms with van der Waals surface area (Å²) >= 11 is 1.78. The van der Waals surface area contributed by atoms with Crippen LogP contribution < -0.4 is 5.32 Å². The van der Waals surface area contributed by atoms with Gasteiger partial charge >= 0.3 is 0 Å². The van der Waals surface area contributed by atoms with Crippen molar-refractivity contribution in [2.24, 2.45) is 10.9 Å². The standard InChI is InChI=1S/C21H30N4S.HI/c1-4-17-15-25(13-11-19(17)18-8-6-5-7-9-18)21(22-3)23-12-10-20-24-14-16(2)26-20;/h5-9,14,17,19H,4,10-13,15H2,1-3H3,(H,22,23);1H. The first-order chi connectivity index (χ1) is 12.7. The monoisotopic (exact) mass is 498 g/mol. The molecule has 1 aliphatic heterocycles. The number of piperidine rings is 1. The molecule has 3 rings (SSSR count). The SMILES string of the molecule is CCC1CN(C(=NC)NCCc2ncc(C)s2)CCC1c1ccccc1.I. The first-order valence-electron chi connectivity index (χ1n) is 9.63. The number of aryl methyl sites for hydroxylation is 1. The quantitative estimate of drug-likeness (QED) is 0.369. The number of nitrogens with one attached hydrogen (secondary N) is 1. The maximum Gasteiger partial charge on any atom is 0.193 e. The topological polar surface area (TPSA) is 40.5 Å². The number of hydrogen-bond donors (Lipinski definition) is 1. The molecule has 0 bridgehead atoms. The summed E-state index contributed by atoms with van der Waals surface area (Å²) in [6.45, 7) is 7.44. The van der Waals surface area contributed by atoms with E-state index in [0.717, 1.165) is 32.0 Å². The average Bonchev–Trinajstić information content (AvgIpc) is 3.10. The molecule has 1 aromatic carbocycles. The summed E-state index contributed by atoms with van der Waals surface area (Å²) in [7, 11) is 1.89. The minimum absolute atomic E-state index is 0. The summed E-state index contributed by atoms with van der Waals surface area (Å²) in [6.07, 6.45) is 5.30. The molecule has 1 aliphatic rings. The number of guanidine groups is 1. The van der Waals surface area contributed by atoms with E-state index in [1.165, 1.54) is 28.3 Å². The third kappa shape index (κ3) is 5.91. The molecular formula is C21H31IN4S. The third-order valence-electron chi connectivity index (χ3n) is 5.29. The van der Waals surface area contributed by atoms with Crippen molar-refractivity contribution >= 4 is 41.3 Å². The molecule has 2 unspecified atom stereocenters. The van der Waals surface area contributed by atoms with Crippen LogP contribution in [0.25, 0.3) is 0 Å². The Kier molecular flexibility index (Phi) is 9.02. The molecule has 2 heterocycles. The molecule has 2 aromatic rings. The Morgan fingerprint density at radius 2 is 2.11 bits per heavy atom. The zero-order valence-corrected chi connectivity index (χ0v) is 19.7. The predicted molar refractivity (Wildman–Crippen MR) is 126 cm³/mol. The van der Waals surface area contributed by atoms with Crippen LogP contribution in [0.4, 0.5) is 0 Å². The van der Waals surface area contributed by atoms with Crippen LogP contribution in [-0.4, -0.2) is 42.5 Å². The van der Waals surface area contributed by atoms with E-state index >= 15 is 0 Å². The highest BCUT2D eigenvalue weighted by atomic mass is 127. The van der Waals surface area contributed by atoms with Crippen molar-refractivity contribution in [1.29, 1.82) is 0 Å². The predicted octanol–water partition coefficient (Wildman–Crippen LogP) is 4.70. The summed E-state index contributed by atoms with van der Waals surface area (Å²) in [5.41, 5.74) is 1.49. The average molecular weight is 498 g/mol. The molecule has 2 atom stereocenters. The Balaban J connectivity index is 0.00000261. The minimum atomic E-state index is 0. The van der Waals surface area contributed by atoms with Gasteiger partial charge in [-0.3, -0.25) is 4.99 Å². The van der Waals surface area contributed by atoms with Gasteiger partial charge in [-0.25, -0.2) is 4.98 Å². The van der Waals surface area contributed by atoms with Crippen LogP contribution in [-0.2, 0) is 6.42 Å². The van der Waals surface area contributed by atoms with Crippen LogP contribution in [0.1, 0.15) is 41.1 Å². The highest BCUT2D eigenvalue weighted by molar-refractivity contribution is 14.0. The smallest absolute Gasteiger partial charge is 0.193 e. The molecule has 0 aliphatic carbocycles. The highest BCUT2D eigenvalue weighted by Gasteiger charge is 2.30. The van der Waals surface area contributed by atoms with Gasteiger partial charge < -0.3 is 10.2 Å². The largest absolute Gasteiger partial charge is 0.356 e. The Labute approximate surface area is 184 Å². The maximum atomic E-state index is 4.53. The van der Waals surface area contributed by atoms with Gasteiger partial charge in [-0.15, -0.1) is 35.3 Å². The number of rotatable bonds is 5. The van der Waals surface area contributed by atoms with Crippen molar-refractivity contribution in [3.63, 3.8) is 0 Å². The van der Waals surface area contributed by atoms with Crippen molar-refractivity contribution in [3.05, 3.63) is 52.0 Å². The van der Waals surface area contributed by atoms with Gasteiger partial charge in [0.05, 0.1) is 5.01 Å². The van der Waals surface area contributed by atoms with Crippen LogP contribution in [0, 0.1) is 12.8 Å². The van der Waals surface area contributed by atoms with Crippen LogP contribution in [0.5, 0.6) is 0 Å². The van der Waals surface area contributed by atoms with Gasteiger partial charge in [-0.2, -0.15) is 0 Å². The Hall–Kier alpha value is -1.15. The van der Waals surface area contributed by atoms with Crippen molar-refractivity contribution in [1.82, 2.24) is 15.2 Å². The van der Waals surface area contributed by atoms with E-state index in [2.05, 4.69) is 64.4 Å². The summed E-state index contributed by atoms with van der Waals surface area (Å²) in [5, 5.41) is 4.73. The molecule has 1 N–H and O–H groups in total. The lowest BCUT2D eigenvalue weighted by molar-refractivity contribution is 0.216. The van der Waals surface area contributed by atoms with E-state index < -0.39 is 0 Å². The molecule has 1 aromatic heterocycles. The van der Waals surface area contributed by atoms with Crippen molar-refractivity contribution in [2.45, 2.75) is 39.0 Å². The van der Waals surface area contributed by atoms with Crippen LogP contribution in [0.15, 0.2) is 41.5 Å². The fraction of sp³-hybridized carbons (Fsp3) is 0.524. The molecular weight excluding hydrogens is 467 g/mol. The highest BCUT2D eigenvalue weighted by Crippen LogP contribution is 2.34. The van der Waals surface area contributed by atoms with E-state index in [9.17, 15) is 0 Å². The van der Waals surface area contributed by atoms with Gasteiger partial charge in [-0.1, -0.05) is 43.7 Å². The lowest BCUT2D eigenvalue weighted by Crippen LogP contribution is -2.48. The van der Waals surface area contributed by atoms with Crippen molar-refractivity contribution in [3.8, 4) is 0 Å². The zero-order chi connectivity index (χ0) is 18.4. The van der Waals surface area contributed by atoms with E-state index in [1.807, 2.05) is 13.2 Å². The summed E-state index contributed by atoms with van der Waals surface area (Å²) < 4.78 is 0. The number of hydrogen-bond acceptors (Lipinski definition) is 3. The normalized spacial score (nSPS) is 20.3. The molecule has 6 heteroatoms. The molecule has 0 saturated carbocycles. The number of likely N-dealkylation sites (tertiary alicyclic amines) is 1. The fourth-order valence-corrected chi connectivity index (χ4v) is 4.69. The van der Waals surface area contributed by atoms with Crippen molar-refractivity contribution in [2.75, 3.05) is 26.7 Å². The van der Waals surface area contributed by atoms with E-state index in [-0.39, 0.29) is 24.0 Å². The van der Waals surface area contributed by atoms with Gasteiger partial charge in [0.1, 0.15) is 0 Å². The van der Waals surface area contributed by atoms with Gasteiger partial charge in [0.15, 0.2) is 5.96 Å². The molecule has 0 radical (unpaired) electrons. The minimum Gasteiger partial charge on any atom is -0.356 e. The molecule has 148 valence electrons. The Morgan fingerprint density at radius 1 is 1.33 bits per heavy atom. The number of halogens is 1. The molecule has 1 saturated heterocycles. The lowest BCUT2D eigenvalue weighted by atomic mass is 9.79. The summed E-state index contributed by atoms with van der Waals surface area (Å²) in [4.78, 5) is 12.7. The number of benzene rings is 1. The number of aromatic nitrogens is 1. The van der Waals surface area contributed by atoms with Crippen LogP contribution >= 0.6 is 35.3 Å². The fourth-order valence-electron chi connectivity index (χ4n) is 3.91. The Bertz CT molecular complexity index is 716. The van der Waals surface area contributed by atoms with Crippen LogP contribution in [0.2, 0.25) is 0 Å². The third-order valence-corrected chi connectivity index (χ3v) is 6.26. The number of aliphatic imine (C=N–C) groups is 1. The zero-order valence-electron chi connectivity index (χ0n) is 16.5. The molecule has 0 amide bonds. The second-order valence-electron chi connectivity index (χ2n) is 7.01. The van der Waals surface area contributed by atoms with Crippen LogP contribution in [0.3, 0.4) is 0 Å². The summed E-state index contributed by atoms with van der Waals surface area (Å²) in [6, 6.07) is 11.0. The molecule has 4 nitrogen and oxygen atoms in total. The first-order valence-corrected chi connectivity index (χ1v) is 10.4. The van der Waals surface area contributed by atoms with E-state index in [0.29, 0.717) is 11.8 Å². The first kappa shape index (κ1) is 22.1. The molecule has 27 heavy (non-hydrogen) atoms. The van der Waals surface area contributed by atoms with Gasteiger partial charge in [0.25, 0.3) is 0 Å². The maximum absolute atomic E-state index is 4.53. The second kappa shape index (κ2) is 11.0. The second-order valence-corrected chi connectivity index (χ2v) is 8.33. The Morgan fingerprint density at radius 3 is 2.74 bits per heavy atom. The van der Waals surface area contributed by atoms with Crippen molar-refractivity contribution < 1.29 is 0 Å². The van der Waals surface area contributed by atoms with E-state index in [1.54, 1.807) is 11.3 Å². The lowest BCUT2D eigenvalue weighted by Gasteiger charge is -2.40. The molecule has 1 fully saturated rings. The van der Waals surface area contributed by atoms with Gasteiger partial charge in [-0.05, 0) is 30.7 Å². The number of nitrogens with zero attached hydrogens (tertiary/aromatic N) is 3. The van der Waals surface area contributed by atoms with Gasteiger partial charge in [0, 0.05) is 44.2 Å². The van der Waals surface area contributed by atoms with E-state index in [4.69, 9.17) is 0 Å². The summed E-state index contributed by atoms with van der Waals surface area (Å²) in [5.74, 6) is 2.36.